The number of hydrogen-bond acceptors (Lipinski definition) is 4. The van der Waals surface area contributed by atoms with Crippen LogP contribution in [-0.2, 0) is 4.74 Å². The average molecular weight is 398 g/mol. The molecule has 2 atom stereocenters. The SMILES string of the molecule is CCCCCC[C@@H](O)[C@@H](CO)NC(=O)OCC1c2ccccc2-c2ccccc21. The molecule has 0 unspecified atom stereocenters. The van der Waals surface area contributed by atoms with E-state index in [1.807, 2.05) is 24.3 Å². The van der Waals surface area contributed by atoms with Crippen LogP contribution in [0.1, 0.15) is 56.1 Å². The fourth-order valence-corrected chi connectivity index (χ4v) is 4.04. The van der Waals surface area contributed by atoms with Crippen LogP contribution >= 0.6 is 0 Å². The highest BCUT2D eigenvalue weighted by atomic mass is 16.5. The molecule has 5 nitrogen and oxygen atoms in total. The summed E-state index contributed by atoms with van der Waals surface area (Å²) in [4.78, 5) is 12.3. The van der Waals surface area contributed by atoms with Gasteiger partial charge in [-0.3, -0.25) is 0 Å². The molecule has 1 aliphatic carbocycles. The van der Waals surface area contributed by atoms with Gasteiger partial charge in [-0.05, 0) is 28.7 Å². The minimum absolute atomic E-state index is 0.0142. The normalized spacial score (nSPS) is 14.7. The van der Waals surface area contributed by atoms with Gasteiger partial charge in [-0.1, -0.05) is 81.1 Å². The molecule has 0 saturated heterocycles. The van der Waals surface area contributed by atoms with Crippen LogP contribution in [0.5, 0.6) is 0 Å². The second-order valence-electron chi connectivity index (χ2n) is 7.68. The molecule has 3 rings (SSSR count). The Morgan fingerprint density at radius 3 is 2.24 bits per heavy atom. The van der Waals surface area contributed by atoms with Crippen molar-refractivity contribution in [3.05, 3.63) is 59.7 Å². The Hall–Kier alpha value is -2.37. The van der Waals surface area contributed by atoms with Crippen molar-refractivity contribution in [2.45, 2.75) is 57.1 Å². The van der Waals surface area contributed by atoms with Gasteiger partial charge in [0.15, 0.2) is 0 Å². The molecule has 0 aliphatic heterocycles. The van der Waals surface area contributed by atoms with Crippen LogP contribution in [0, 0.1) is 0 Å². The predicted octanol–water partition coefficient (Wildman–Crippen LogP) is 4.22. The lowest BCUT2D eigenvalue weighted by molar-refractivity contribution is 0.0711. The number of aliphatic hydroxyl groups is 2. The number of fused-ring (bicyclic) bond motifs is 3. The van der Waals surface area contributed by atoms with E-state index in [4.69, 9.17) is 4.74 Å². The number of amides is 1. The van der Waals surface area contributed by atoms with Gasteiger partial charge in [0, 0.05) is 5.92 Å². The largest absolute Gasteiger partial charge is 0.449 e. The van der Waals surface area contributed by atoms with E-state index in [0.717, 1.165) is 36.8 Å². The van der Waals surface area contributed by atoms with E-state index in [2.05, 4.69) is 36.5 Å². The lowest BCUT2D eigenvalue weighted by atomic mass is 9.98. The first kappa shape index (κ1) is 21.3. The van der Waals surface area contributed by atoms with Crippen LogP contribution in [0.15, 0.2) is 48.5 Å². The molecule has 2 aromatic rings. The van der Waals surface area contributed by atoms with Crippen molar-refractivity contribution >= 4 is 6.09 Å². The van der Waals surface area contributed by atoms with Crippen molar-refractivity contribution in [2.24, 2.45) is 0 Å². The van der Waals surface area contributed by atoms with Gasteiger partial charge in [-0.25, -0.2) is 4.79 Å². The molecular formula is C24H31NO4. The van der Waals surface area contributed by atoms with Crippen molar-refractivity contribution in [1.29, 1.82) is 0 Å². The summed E-state index contributed by atoms with van der Waals surface area (Å²) in [7, 11) is 0. The third-order valence-corrected chi connectivity index (χ3v) is 5.66. The molecule has 1 amide bonds. The minimum atomic E-state index is -0.780. The highest BCUT2D eigenvalue weighted by Crippen LogP contribution is 2.44. The van der Waals surface area contributed by atoms with Gasteiger partial charge in [0.25, 0.3) is 0 Å². The zero-order valence-electron chi connectivity index (χ0n) is 17.0. The molecule has 0 aromatic heterocycles. The standard InChI is InChI=1S/C24H31NO4/c1-2-3-4-5-14-23(27)22(15-26)25-24(28)29-16-21-19-12-8-6-10-17(19)18-11-7-9-13-20(18)21/h6-13,21-23,26-27H,2-5,14-16H2,1H3,(H,25,28)/t22-,23-/m1/s1. The molecule has 5 heteroatoms. The summed E-state index contributed by atoms with van der Waals surface area (Å²) in [5.41, 5.74) is 4.65. The Kier molecular flexibility index (Phi) is 7.67. The minimum Gasteiger partial charge on any atom is -0.449 e. The van der Waals surface area contributed by atoms with Gasteiger partial charge in [0.1, 0.15) is 6.61 Å². The molecule has 156 valence electrons. The summed E-state index contributed by atoms with van der Waals surface area (Å²) in [6.07, 6.45) is 3.31. The van der Waals surface area contributed by atoms with E-state index in [9.17, 15) is 15.0 Å². The first-order valence-electron chi connectivity index (χ1n) is 10.6. The smallest absolute Gasteiger partial charge is 0.407 e. The summed E-state index contributed by atoms with van der Waals surface area (Å²) in [6, 6.07) is 15.6. The van der Waals surface area contributed by atoms with Crippen molar-refractivity contribution in [3.63, 3.8) is 0 Å². The Bertz CT molecular complexity index is 761. The van der Waals surface area contributed by atoms with Gasteiger partial charge in [-0.15, -0.1) is 0 Å². The number of unbranched alkanes of at least 4 members (excludes halogenated alkanes) is 3. The maximum absolute atomic E-state index is 12.3. The van der Waals surface area contributed by atoms with E-state index in [0.29, 0.717) is 6.42 Å². The number of carbonyl (C=O) groups excluding carboxylic acids is 1. The molecule has 0 radical (unpaired) electrons. The van der Waals surface area contributed by atoms with Crippen LogP contribution in [0.3, 0.4) is 0 Å². The van der Waals surface area contributed by atoms with E-state index in [1.54, 1.807) is 0 Å². The average Bonchev–Trinajstić information content (AvgIpc) is 3.07. The van der Waals surface area contributed by atoms with Gasteiger partial charge >= 0.3 is 6.09 Å². The number of ether oxygens (including phenoxy) is 1. The number of hydrogen-bond donors (Lipinski definition) is 3. The van der Waals surface area contributed by atoms with Crippen LogP contribution < -0.4 is 5.32 Å². The third kappa shape index (κ3) is 5.17. The van der Waals surface area contributed by atoms with E-state index < -0.39 is 18.2 Å². The Morgan fingerprint density at radius 2 is 1.66 bits per heavy atom. The summed E-state index contributed by atoms with van der Waals surface area (Å²) >= 11 is 0. The van der Waals surface area contributed by atoms with Gasteiger partial charge in [-0.2, -0.15) is 0 Å². The number of nitrogens with one attached hydrogen (secondary N) is 1. The highest BCUT2D eigenvalue weighted by molar-refractivity contribution is 5.79. The molecule has 2 aromatic carbocycles. The van der Waals surface area contributed by atoms with Crippen molar-refractivity contribution in [2.75, 3.05) is 13.2 Å². The zero-order chi connectivity index (χ0) is 20.6. The Labute approximate surface area is 172 Å². The molecule has 29 heavy (non-hydrogen) atoms. The molecule has 1 aliphatic rings. The molecule has 3 N–H and O–H groups in total. The summed E-state index contributed by atoms with van der Waals surface area (Å²) in [6.45, 7) is 2.02. The molecular weight excluding hydrogens is 366 g/mol. The molecule has 0 saturated carbocycles. The van der Waals surface area contributed by atoms with Crippen molar-refractivity contribution in [3.8, 4) is 11.1 Å². The van der Waals surface area contributed by atoms with Gasteiger partial charge in [0.05, 0.1) is 18.8 Å². The maximum atomic E-state index is 12.3. The fourth-order valence-electron chi connectivity index (χ4n) is 4.04. The summed E-state index contributed by atoms with van der Waals surface area (Å²) < 4.78 is 5.49. The van der Waals surface area contributed by atoms with Crippen LogP contribution in [0.25, 0.3) is 11.1 Å². The maximum Gasteiger partial charge on any atom is 0.407 e. The molecule has 0 heterocycles. The first-order valence-corrected chi connectivity index (χ1v) is 10.6. The lowest BCUT2D eigenvalue weighted by Gasteiger charge is -2.22. The topological polar surface area (TPSA) is 78.8 Å². The highest BCUT2D eigenvalue weighted by Gasteiger charge is 2.29. The third-order valence-electron chi connectivity index (χ3n) is 5.66. The number of carbonyl (C=O) groups is 1. The van der Waals surface area contributed by atoms with Crippen molar-refractivity contribution < 1.29 is 19.7 Å². The Morgan fingerprint density at radius 1 is 1.03 bits per heavy atom. The molecule has 0 spiro atoms. The monoisotopic (exact) mass is 397 g/mol. The number of benzene rings is 2. The Balaban J connectivity index is 1.56. The van der Waals surface area contributed by atoms with Crippen LogP contribution in [0.4, 0.5) is 4.79 Å². The van der Waals surface area contributed by atoms with Crippen LogP contribution in [-0.4, -0.2) is 41.7 Å². The summed E-state index contributed by atoms with van der Waals surface area (Å²) in [5, 5.41) is 22.4. The van der Waals surface area contributed by atoms with Gasteiger partial charge < -0.3 is 20.3 Å². The second kappa shape index (κ2) is 10.4. The van der Waals surface area contributed by atoms with Crippen LogP contribution in [0.2, 0.25) is 0 Å². The molecule has 0 fully saturated rings. The fraction of sp³-hybridized carbons (Fsp3) is 0.458. The van der Waals surface area contributed by atoms with E-state index in [-0.39, 0.29) is 19.1 Å². The quantitative estimate of drug-likeness (QED) is 0.525. The number of aliphatic hydroxyl groups excluding tert-OH is 2. The van der Waals surface area contributed by atoms with E-state index >= 15 is 0 Å². The van der Waals surface area contributed by atoms with Crippen molar-refractivity contribution in [1.82, 2.24) is 5.32 Å². The lowest BCUT2D eigenvalue weighted by Crippen LogP contribution is -2.46. The zero-order valence-corrected chi connectivity index (χ0v) is 17.0. The van der Waals surface area contributed by atoms with Gasteiger partial charge in [0.2, 0.25) is 0 Å². The summed E-state index contributed by atoms with van der Waals surface area (Å²) in [5.74, 6) is -0.0142. The second-order valence-corrected chi connectivity index (χ2v) is 7.68. The predicted molar refractivity (Wildman–Crippen MR) is 114 cm³/mol. The number of rotatable bonds is 10. The first-order chi connectivity index (χ1) is 14.2. The van der Waals surface area contributed by atoms with E-state index in [1.165, 1.54) is 11.1 Å². The number of alkyl carbamates (subject to hydrolysis) is 1. The molecule has 0 bridgehead atoms.